The van der Waals surface area contributed by atoms with Crippen molar-refractivity contribution in [1.29, 1.82) is 0 Å². The number of carboxylic acid groups (broad SMARTS) is 2. The Morgan fingerprint density at radius 1 is 0.425 bits per heavy atom. The average Bonchev–Trinajstić information content (AvgIpc) is 1.03. The van der Waals surface area contributed by atoms with E-state index in [0.29, 0.717) is 22.6 Å². The number of aromatic nitrogens is 6. The largest absolute Gasteiger partial charge is 0.481 e. The number of hydrogen-bond acceptors (Lipinski definition) is 21. The first-order valence-electron chi connectivity index (χ1n) is 34.4. The quantitative estimate of drug-likeness (QED) is 0.0196. The van der Waals surface area contributed by atoms with Crippen molar-refractivity contribution in [1.82, 2.24) is 99.0 Å². The molecule has 0 saturated carbocycles. The number of nitrogens with two attached hydrogens (primary N) is 1. The molecule has 0 radical (unpaired) electrons. The van der Waals surface area contributed by atoms with Gasteiger partial charge in [-0.05, 0) is 63.4 Å². The monoisotopic (exact) mass is 1490 g/mol. The molecule has 1 aromatic carbocycles. The lowest BCUT2D eigenvalue weighted by Gasteiger charge is -2.29. The van der Waals surface area contributed by atoms with Gasteiger partial charge in [0.25, 0.3) is 0 Å². The number of rotatable bonds is 46. The van der Waals surface area contributed by atoms with Crippen LogP contribution in [0.5, 0.6) is 0 Å². The van der Waals surface area contributed by atoms with Crippen LogP contribution in [0.15, 0.2) is 67.9 Å². The van der Waals surface area contributed by atoms with Crippen LogP contribution in [0, 0.1) is 17.8 Å². The van der Waals surface area contributed by atoms with E-state index >= 15 is 0 Å². The van der Waals surface area contributed by atoms with E-state index in [0.717, 1.165) is 0 Å². The van der Waals surface area contributed by atoms with E-state index in [1.165, 1.54) is 58.3 Å². The summed E-state index contributed by atoms with van der Waals surface area (Å²) in [5.74, 6) is -16.1. The second kappa shape index (κ2) is 43.8. The van der Waals surface area contributed by atoms with E-state index < -0.39 is 206 Å². The molecule has 3 heterocycles. The van der Waals surface area contributed by atoms with Crippen LogP contribution in [0.25, 0.3) is 0 Å². The number of aliphatic hydroxyl groups is 2. The highest BCUT2D eigenvalue weighted by Gasteiger charge is 2.38. The zero-order chi connectivity index (χ0) is 78.9. The normalized spacial score (nSPS) is 15.2. The standard InChI is InChI=1S/C67H100N20O19/c1-10-35(6)54(87-58(96)43(16-17-53(91)92)79-61(99)47(80-55(93)36(7)68)21-40-24-69-30-73-40)66(104)76-37(8)56(94)81-48(22-41-25-70-31-74-41)62(100)86-51(29-89)65(103)82-44(18-33(2)3)57(95)72-27-52(90)78-45(19-34(4)5)59(97)83-46(20-39-14-12-11-13-15-39)60(98)84-49(23-42-26-71-32-75-42)63(101)85-50(28-88)64(102)77-38(9)67(105)106/h11-15,24-26,30-38,43-51,54,88-89H,10,16-23,27-29,68H2,1-9H3,(H,69,73)(H,70,74)(H,71,75)(H,72,95)(H,76,104)(H,77,102)(H,78,90)(H,79,99)(H,80,93)(H,81,94)(H,82,103)(H,83,97)(H,84,98)(H,85,101)(H,86,100)(H,87,96)(H,91,92)(H,105,106)/t35-,36-,37-,38-,43-,44-,45-,46-,47-,48-,49-,50-,51-,54-/m0/s1. The molecule has 3 aromatic heterocycles. The third kappa shape index (κ3) is 29.9. The molecule has 0 aliphatic carbocycles. The smallest absolute Gasteiger partial charge is 0.325 e. The highest BCUT2D eigenvalue weighted by atomic mass is 16.4. The number of H-pyrrole nitrogens is 3. The zero-order valence-electron chi connectivity index (χ0n) is 60.4. The van der Waals surface area contributed by atoms with Gasteiger partial charge in [-0.3, -0.25) is 71.9 Å². The lowest BCUT2D eigenvalue weighted by Crippen LogP contribution is -2.61. The SMILES string of the molecule is CC[C@H](C)[C@H](NC(=O)[C@H](CCC(=O)O)NC(=O)[C@H](Cc1cnc[nH]1)NC(=O)[C@H](C)N)C(=O)N[C@@H](C)C(=O)N[C@@H](Cc1cnc[nH]1)C(=O)N[C@@H](CO)C(=O)N[C@@H](CC(C)C)C(=O)NCC(=O)N[C@@H](CC(C)C)C(=O)N[C@@H](Cc1ccccc1)C(=O)N[C@@H](Cc1cnc[nH]1)C(=O)N[C@@H](CO)C(=O)N[C@@H](C)C(=O)O. The number of hydrogen-bond donors (Lipinski definition) is 21. The molecule has 106 heavy (non-hydrogen) atoms. The van der Waals surface area contributed by atoms with Gasteiger partial charge in [-0.2, -0.15) is 0 Å². The summed E-state index contributed by atoms with van der Waals surface area (Å²) in [6.45, 7) is 11.2. The summed E-state index contributed by atoms with van der Waals surface area (Å²) in [6, 6.07) is -10.5. The predicted octanol–water partition coefficient (Wildman–Crippen LogP) is -5.48. The van der Waals surface area contributed by atoms with Crippen molar-refractivity contribution in [3.8, 4) is 0 Å². The third-order valence-corrected chi connectivity index (χ3v) is 16.5. The molecule has 4 rings (SSSR count). The van der Waals surface area contributed by atoms with Gasteiger partial charge in [-0.1, -0.05) is 78.3 Å². The molecule has 0 aliphatic heterocycles. The third-order valence-electron chi connectivity index (χ3n) is 16.5. The van der Waals surface area contributed by atoms with Gasteiger partial charge >= 0.3 is 11.9 Å². The molecule has 0 unspecified atom stereocenters. The number of aliphatic carboxylic acids is 2. The molecule has 39 nitrogen and oxygen atoms in total. The number of amides is 13. The lowest BCUT2D eigenvalue weighted by atomic mass is 9.97. The van der Waals surface area contributed by atoms with Crippen LogP contribution < -0.4 is 74.9 Å². The molecule has 39 heteroatoms. The highest BCUT2D eigenvalue weighted by molar-refractivity contribution is 6.00. The Hall–Kier alpha value is -11.2. The Labute approximate surface area is 610 Å². The summed E-state index contributed by atoms with van der Waals surface area (Å²) in [4.78, 5) is 223. The minimum Gasteiger partial charge on any atom is -0.481 e. The van der Waals surface area contributed by atoms with Crippen molar-refractivity contribution < 1.29 is 92.3 Å². The van der Waals surface area contributed by atoms with Gasteiger partial charge in [0.05, 0.1) is 44.8 Å². The first kappa shape index (κ1) is 87.2. The molecule has 13 amide bonds. The average molecular weight is 1490 g/mol. The Bertz CT molecular complexity index is 3580. The number of aromatic amines is 3. The van der Waals surface area contributed by atoms with Gasteiger partial charge in [0, 0.05) is 67.8 Å². The maximum atomic E-state index is 14.4. The predicted molar refractivity (Wildman–Crippen MR) is 375 cm³/mol. The molecule has 0 bridgehead atoms. The summed E-state index contributed by atoms with van der Waals surface area (Å²) < 4.78 is 0. The number of carboxylic acids is 2. The summed E-state index contributed by atoms with van der Waals surface area (Å²) in [6.07, 6.45) is 6.28. The van der Waals surface area contributed by atoms with E-state index in [1.807, 2.05) is 0 Å². The summed E-state index contributed by atoms with van der Waals surface area (Å²) in [5.41, 5.74) is 7.34. The number of benzene rings is 1. The zero-order valence-corrected chi connectivity index (χ0v) is 60.4. The Kier molecular flexibility index (Phi) is 36.0. The first-order valence-corrected chi connectivity index (χ1v) is 34.4. The number of nitrogens with zero attached hydrogens (tertiary/aromatic N) is 3. The minimum atomic E-state index is -1.79. The van der Waals surface area contributed by atoms with Gasteiger partial charge in [0.1, 0.15) is 72.5 Å². The van der Waals surface area contributed by atoms with Crippen molar-refractivity contribution in [3.05, 3.63) is 90.5 Å². The van der Waals surface area contributed by atoms with Crippen LogP contribution in [0.3, 0.4) is 0 Å². The Morgan fingerprint density at radius 3 is 1.22 bits per heavy atom. The second-order valence-electron chi connectivity index (χ2n) is 26.4. The Balaban J connectivity index is 1.47. The molecule has 4 aromatic rings. The maximum Gasteiger partial charge on any atom is 0.325 e. The molecule has 0 fully saturated rings. The summed E-state index contributed by atoms with van der Waals surface area (Å²) in [7, 11) is 0. The molecule has 0 spiro atoms. The number of nitrogens with one attached hydrogen (secondary N) is 16. The van der Waals surface area contributed by atoms with Gasteiger partial charge in [-0.15, -0.1) is 0 Å². The highest BCUT2D eigenvalue weighted by Crippen LogP contribution is 2.14. The van der Waals surface area contributed by atoms with Crippen molar-refractivity contribution in [2.75, 3.05) is 19.8 Å². The molecule has 0 aliphatic rings. The van der Waals surface area contributed by atoms with Crippen LogP contribution in [0.1, 0.15) is 117 Å². The molecule has 14 atom stereocenters. The van der Waals surface area contributed by atoms with E-state index in [2.05, 4.69) is 99.0 Å². The first-order chi connectivity index (χ1) is 50.1. The van der Waals surface area contributed by atoms with Gasteiger partial charge in [0.2, 0.25) is 76.8 Å². The fourth-order valence-corrected chi connectivity index (χ4v) is 10.3. The number of imidazole rings is 3. The van der Waals surface area contributed by atoms with E-state index in [1.54, 1.807) is 71.9 Å². The molecule has 582 valence electrons. The fraction of sp³-hybridized carbons (Fsp3) is 0.552. The van der Waals surface area contributed by atoms with Gasteiger partial charge in [-0.25, -0.2) is 15.0 Å². The van der Waals surface area contributed by atoms with Crippen LogP contribution in [0.4, 0.5) is 0 Å². The molecule has 22 N–H and O–H groups in total. The minimum absolute atomic E-state index is 0.00810. The van der Waals surface area contributed by atoms with Crippen LogP contribution in [-0.4, -0.2) is 237 Å². The topological polar surface area (TPSA) is 605 Å². The van der Waals surface area contributed by atoms with E-state index in [4.69, 9.17) is 5.73 Å². The number of aliphatic hydroxyl groups excluding tert-OH is 2. The van der Waals surface area contributed by atoms with E-state index in [9.17, 15) is 92.3 Å². The fourth-order valence-electron chi connectivity index (χ4n) is 10.3. The van der Waals surface area contributed by atoms with Crippen LogP contribution >= 0.6 is 0 Å². The Morgan fingerprint density at radius 2 is 0.802 bits per heavy atom. The second-order valence-corrected chi connectivity index (χ2v) is 26.4. The summed E-state index contributed by atoms with van der Waals surface area (Å²) >= 11 is 0. The van der Waals surface area contributed by atoms with Crippen molar-refractivity contribution in [3.63, 3.8) is 0 Å². The molecule has 0 saturated heterocycles. The lowest BCUT2D eigenvalue weighted by molar-refractivity contribution is -0.142. The van der Waals surface area contributed by atoms with Crippen molar-refractivity contribution in [2.24, 2.45) is 23.5 Å². The molecular formula is C67H100N20O19. The van der Waals surface area contributed by atoms with Gasteiger partial charge in [0.15, 0.2) is 0 Å². The van der Waals surface area contributed by atoms with Crippen LogP contribution in [0.2, 0.25) is 0 Å². The van der Waals surface area contributed by atoms with Crippen molar-refractivity contribution >= 4 is 88.7 Å². The molecular weight excluding hydrogens is 1390 g/mol. The van der Waals surface area contributed by atoms with E-state index in [-0.39, 0.29) is 56.8 Å². The maximum absolute atomic E-state index is 14.4. The summed E-state index contributed by atoms with van der Waals surface area (Å²) in [5, 5.41) is 71.6. The van der Waals surface area contributed by atoms with Crippen molar-refractivity contribution in [2.45, 2.75) is 199 Å². The number of carbonyl (C=O) groups excluding carboxylic acids is 13. The van der Waals surface area contributed by atoms with Crippen LogP contribution in [-0.2, 0) is 97.6 Å². The number of carbonyl (C=O) groups is 15. The van der Waals surface area contributed by atoms with Gasteiger partial charge < -0.3 is 110 Å².